The van der Waals surface area contributed by atoms with Crippen molar-refractivity contribution in [3.63, 3.8) is 0 Å². The molecule has 0 aromatic carbocycles. The number of rotatable bonds is 5. The van der Waals surface area contributed by atoms with E-state index in [1.54, 1.807) is 0 Å². The van der Waals surface area contributed by atoms with Crippen molar-refractivity contribution in [2.45, 2.75) is 73.3 Å². The van der Waals surface area contributed by atoms with E-state index >= 15 is 0 Å². The van der Waals surface area contributed by atoms with Crippen molar-refractivity contribution < 1.29 is 0 Å². The van der Waals surface area contributed by atoms with Gasteiger partial charge >= 0.3 is 0 Å². The molecule has 1 fully saturated rings. The van der Waals surface area contributed by atoms with Crippen molar-refractivity contribution in [2.75, 3.05) is 6.54 Å². The molecule has 0 radical (unpaired) electrons. The Balaban J connectivity index is 2.48. The Morgan fingerprint density at radius 2 is 1.65 bits per heavy atom. The highest BCUT2D eigenvalue weighted by Crippen LogP contribution is 2.31. The molecule has 2 unspecified atom stereocenters. The van der Waals surface area contributed by atoms with Crippen LogP contribution < -0.4 is 5.32 Å². The van der Waals surface area contributed by atoms with Gasteiger partial charge < -0.3 is 5.32 Å². The summed E-state index contributed by atoms with van der Waals surface area (Å²) in [7, 11) is 0. The summed E-state index contributed by atoms with van der Waals surface area (Å²) in [6, 6.07) is 0.766. The first-order chi connectivity index (χ1) is 7.84. The van der Waals surface area contributed by atoms with Crippen LogP contribution in [0.5, 0.6) is 0 Å². The fourth-order valence-electron chi connectivity index (χ4n) is 2.81. The van der Waals surface area contributed by atoms with E-state index in [-0.39, 0.29) is 0 Å². The largest absolute Gasteiger partial charge is 0.313 e. The summed E-state index contributed by atoms with van der Waals surface area (Å²) < 4.78 is 0. The molecule has 0 aromatic heterocycles. The second-order valence-electron chi connectivity index (χ2n) is 7.32. The Labute approximate surface area is 109 Å². The lowest BCUT2D eigenvalue weighted by atomic mass is 9.76. The first-order valence-electron chi connectivity index (χ1n) is 7.58. The zero-order chi connectivity index (χ0) is 13.1. The van der Waals surface area contributed by atoms with Gasteiger partial charge in [0.05, 0.1) is 0 Å². The van der Waals surface area contributed by atoms with Crippen LogP contribution >= 0.6 is 0 Å². The van der Waals surface area contributed by atoms with Crippen LogP contribution in [0.2, 0.25) is 0 Å². The van der Waals surface area contributed by atoms with Gasteiger partial charge in [0, 0.05) is 12.6 Å². The lowest BCUT2D eigenvalue weighted by Gasteiger charge is -2.38. The third-order valence-electron chi connectivity index (χ3n) is 5.06. The minimum atomic E-state index is 0.416. The molecule has 0 spiro atoms. The lowest BCUT2D eigenvalue weighted by Crippen LogP contribution is -2.45. The van der Waals surface area contributed by atoms with Crippen LogP contribution in [0.3, 0.4) is 0 Å². The van der Waals surface area contributed by atoms with E-state index in [0.29, 0.717) is 5.41 Å². The van der Waals surface area contributed by atoms with Gasteiger partial charge in [-0.15, -0.1) is 0 Å². The first-order valence-corrected chi connectivity index (χ1v) is 7.58. The van der Waals surface area contributed by atoms with Crippen LogP contribution in [0.1, 0.15) is 67.2 Å². The fourth-order valence-corrected chi connectivity index (χ4v) is 2.81. The van der Waals surface area contributed by atoms with Gasteiger partial charge in [-0.3, -0.25) is 0 Å². The quantitative estimate of drug-likeness (QED) is 0.746. The summed E-state index contributed by atoms with van der Waals surface area (Å²) >= 11 is 0. The van der Waals surface area contributed by atoms with Gasteiger partial charge in [-0.25, -0.2) is 0 Å². The zero-order valence-electron chi connectivity index (χ0n) is 12.8. The highest BCUT2D eigenvalue weighted by molar-refractivity contribution is 4.85. The Hall–Kier alpha value is -0.0400. The average Bonchev–Trinajstić information content (AvgIpc) is 2.26. The van der Waals surface area contributed by atoms with Gasteiger partial charge in [-0.1, -0.05) is 54.4 Å². The maximum Gasteiger partial charge on any atom is 0.00979 e. The maximum atomic E-state index is 3.87. The molecule has 0 aromatic rings. The van der Waals surface area contributed by atoms with Gasteiger partial charge in [0.15, 0.2) is 0 Å². The summed E-state index contributed by atoms with van der Waals surface area (Å²) in [5.74, 6) is 2.47. The average molecular weight is 239 g/mol. The van der Waals surface area contributed by atoms with E-state index in [1.165, 1.54) is 32.2 Å². The second-order valence-corrected chi connectivity index (χ2v) is 7.32. The Bertz CT molecular complexity index is 218. The normalized spacial score (nSPS) is 26.8. The molecule has 1 aliphatic carbocycles. The molecule has 0 heterocycles. The molecule has 0 aliphatic heterocycles. The molecule has 0 bridgehead atoms. The third kappa shape index (κ3) is 4.28. The van der Waals surface area contributed by atoms with Crippen LogP contribution in [0, 0.1) is 23.2 Å². The summed E-state index contributed by atoms with van der Waals surface area (Å²) in [6.45, 7) is 15.4. The summed E-state index contributed by atoms with van der Waals surface area (Å²) in [5, 5.41) is 3.87. The number of hydrogen-bond acceptors (Lipinski definition) is 1. The molecule has 1 N–H and O–H groups in total. The van der Waals surface area contributed by atoms with E-state index in [1.807, 2.05) is 0 Å². The third-order valence-corrected chi connectivity index (χ3v) is 5.06. The molecule has 0 amide bonds. The van der Waals surface area contributed by atoms with Crippen LogP contribution in [0.25, 0.3) is 0 Å². The first kappa shape index (κ1) is 15.0. The van der Waals surface area contributed by atoms with Crippen molar-refractivity contribution in [3.8, 4) is 0 Å². The summed E-state index contributed by atoms with van der Waals surface area (Å²) in [4.78, 5) is 0. The predicted molar refractivity (Wildman–Crippen MR) is 77.2 cm³/mol. The molecule has 0 saturated heterocycles. The van der Waals surface area contributed by atoms with Gasteiger partial charge in [0.2, 0.25) is 0 Å². The van der Waals surface area contributed by atoms with E-state index < -0.39 is 0 Å². The standard InChI is InChI=1S/C16H33N/c1-12(2)14-9-7-8-10-15(14)17-11-16(5,6)13(3)4/h12-15,17H,7-11H2,1-6H3. The Morgan fingerprint density at radius 3 is 2.18 bits per heavy atom. The van der Waals surface area contributed by atoms with Crippen LogP contribution in [-0.2, 0) is 0 Å². The molecule has 102 valence electrons. The number of hydrogen-bond donors (Lipinski definition) is 1. The van der Waals surface area contributed by atoms with E-state index in [0.717, 1.165) is 23.8 Å². The SMILES string of the molecule is CC(C)C1CCCCC1NCC(C)(C)C(C)C. The van der Waals surface area contributed by atoms with E-state index in [9.17, 15) is 0 Å². The lowest BCUT2D eigenvalue weighted by molar-refractivity contribution is 0.166. The van der Waals surface area contributed by atoms with E-state index in [4.69, 9.17) is 0 Å². The zero-order valence-corrected chi connectivity index (χ0v) is 12.8. The summed E-state index contributed by atoms with van der Waals surface area (Å²) in [6.07, 6.45) is 5.67. The highest BCUT2D eigenvalue weighted by Gasteiger charge is 2.29. The minimum Gasteiger partial charge on any atom is -0.313 e. The van der Waals surface area contributed by atoms with Gasteiger partial charge in [0.1, 0.15) is 0 Å². The smallest absolute Gasteiger partial charge is 0.00979 e. The molecule has 17 heavy (non-hydrogen) atoms. The van der Waals surface area contributed by atoms with Crippen molar-refractivity contribution >= 4 is 0 Å². The number of nitrogens with one attached hydrogen (secondary N) is 1. The van der Waals surface area contributed by atoms with Crippen molar-refractivity contribution in [3.05, 3.63) is 0 Å². The molecule has 1 heteroatoms. The van der Waals surface area contributed by atoms with Crippen LogP contribution in [0.4, 0.5) is 0 Å². The van der Waals surface area contributed by atoms with Gasteiger partial charge in [0.25, 0.3) is 0 Å². The monoisotopic (exact) mass is 239 g/mol. The molecule has 1 nitrogen and oxygen atoms in total. The molecule has 2 atom stereocenters. The van der Waals surface area contributed by atoms with Crippen molar-refractivity contribution in [1.82, 2.24) is 5.32 Å². The highest BCUT2D eigenvalue weighted by atomic mass is 14.9. The minimum absolute atomic E-state index is 0.416. The molecule has 1 saturated carbocycles. The van der Waals surface area contributed by atoms with Crippen molar-refractivity contribution in [2.24, 2.45) is 23.2 Å². The maximum absolute atomic E-state index is 3.87. The fraction of sp³-hybridized carbons (Fsp3) is 1.00. The van der Waals surface area contributed by atoms with Gasteiger partial charge in [-0.05, 0) is 36.0 Å². The molecular weight excluding hydrogens is 206 g/mol. The van der Waals surface area contributed by atoms with Crippen molar-refractivity contribution in [1.29, 1.82) is 0 Å². The molecular formula is C16H33N. The topological polar surface area (TPSA) is 12.0 Å². The van der Waals surface area contributed by atoms with E-state index in [2.05, 4.69) is 46.9 Å². The van der Waals surface area contributed by atoms with Crippen LogP contribution in [-0.4, -0.2) is 12.6 Å². The molecule has 1 rings (SSSR count). The van der Waals surface area contributed by atoms with Crippen LogP contribution in [0.15, 0.2) is 0 Å². The Kier molecular flexibility index (Phi) is 5.50. The molecule has 1 aliphatic rings. The Morgan fingerprint density at radius 1 is 1.06 bits per heavy atom. The van der Waals surface area contributed by atoms with Gasteiger partial charge in [-0.2, -0.15) is 0 Å². The summed E-state index contributed by atoms with van der Waals surface area (Å²) in [5.41, 5.74) is 0.416. The second kappa shape index (κ2) is 6.22. The predicted octanol–water partition coefficient (Wildman–Crippen LogP) is 4.47.